The molecule has 0 saturated carbocycles. The Kier molecular flexibility index (Phi) is 7.92. The van der Waals surface area contributed by atoms with Crippen LogP contribution in [0.15, 0.2) is 24.3 Å². The smallest absolute Gasteiger partial charge is 0.251 e. The van der Waals surface area contributed by atoms with Crippen LogP contribution in [0.25, 0.3) is 0 Å². The Bertz CT molecular complexity index is 383. The number of ether oxygens (including phenoxy) is 2. The molecular formula is C16H25NO3. The molecule has 20 heavy (non-hydrogen) atoms. The molecule has 1 N–H and O–H groups in total. The number of hydrogen-bond acceptors (Lipinski definition) is 3. The number of nitrogens with one attached hydrogen (secondary N) is 1. The first-order chi connectivity index (χ1) is 9.71. The van der Waals surface area contributed by atoms with Crippen molar-refractivity contribution < 1.29 is 14.3 Å². The Hall–Kier alpha value is -1.39. The number of carbonyl (C=O) groups excluding carboxylic acids is 1. The lowest BCUT2D eigenvalue weighted by molar-refractivity contribution is -0.138. The van der Waals surface area contributed by atoms with Crippen molar-refractivity contribution in [3.05, 3.63) is 35.4 Å². The molecule has 0 saturated heterocycles. The predicted octanol–water partition coefficient (Wildman–Crippen LogP) is 2.77. The summed E-state index contributed by atoms with van der Waals surface area (Å²) in [5.74, 6) is -0.0561. The molecule has 0 radical (unpaired) electrons. The van der Waals surface area contributed by atoms with Gasteiger partial charge >= 0.3 is 0 Å². The van der Waals surface area contributed by atoms with Gasteiger partial charge in [0, 0.05) is 31.7 Å². The van der Waals surface area contributed by atoms with E-state index in [0.717, 1.165) is 6.42 Å². The van der Waals surface area contributed by atoms with Crippen molar-refractivity contribution in [2.24, 2.45) is 0 Å². The van der Waals surface area contributed by atoms with Crippen molar-refractivity contribution in [1.29, 1.82) is 0 Å². The van der Waals surface area contributed by atoms with Gasteiger partial charge in [0.05, 0.1) is 0 Å². The Morgan fingerprint density at radius 2 is 1.70 bits per heavy atom. The molecule has 0 fully saturated rings. The van der Waals surface area contributed by atoms with Gasteiger partial charge in [-0.3, -0.25) is 4.79 Å². The largest absolute Gasteiger partial charge is 0.353 e. The fourth-order valence-electron chi connectivity index (χ4n) is 1.88. The van der Waals surface area contributed by atoms with E-state index >= 15 is 0 Å². The van der Waals surface area contributed by atoms with Crippen LogP contribution in [-0.2, 0) is 15.9 Å². The number of rotatable bonds is 9. The van der Waals surface area contributed by atoms with Crippen molar-refractivity contribution in [2.75, 3.05) is 19.8 Å². The lowest BCUT2D eigenvalue weighted by Crippen LogP contribution is -2.29. The van der Waals surface area contributed by atoms with E-state index in [9.17, 15) is 4.79 Å². The van der Waals surface area contributed by atoms with Gasteiger partial charge in [-0.2, -0.15) is 0 Å². The second-order valence-electron chi connectivity index (χ2n) is 4.44. The molecule has 0 spiro atoms. The molecule has 0 aromatic heterocycles. The minimum Gasteiger partial charge on any atom is -0.353 e. The summed E-state index contributed by atoms with van der Waals surface area (Å²) in [6.45, 7) is 7.71. The summed E-state index contributed by atoms with van der Waals surface area (Å²) in [6.07, 6.45) is 1.39. The zero-order valence-electron chi connectivity index (χ0n) is 12.6. The third kappa shape index (κ3) is 5.72. The Labute approximate surface area is 121 Å². The molecule has 1 rings (SSSR count). The quantitative estimate of drug-likeness (QED) is 0.707. The van der Waals surface area contributed by atoms with Gasteiger partial charge in [-0.05, 0) is 38.0 Å². The third-order valence-corrected chi connectivity index (χ3v) is 3.00. The van der Waals surface area contributed by atoms with Crippen LogP contribution in [0.3, 0.4) is 0 Å². The minimum atomic E-state index is -0.243. The van der Waals surface area contributed by atoms with E-state index in [4.69, 9.17) is 9.47 Å². The van der Waals surface area contributed by atoms with E-state index in [1.807, 2.05) is 38.1 Å². The summed E-state index contributed by atoms with van der Waals surface area (Å²) < 4.78 is 10.9. The van der Waals surface area contributed by atoms with Gasteiger partial charge in [0.25, 0.3) is 5.91 Å². The normalized spacial score (nSPS) is 10.8. The molecular weight excluding hydrogens is 254 g/mol. The van der Waals surface area contributed by atoms with E-state index < -0.39 is 0 Å². The van der Waals surface area contributed by atoms with Crippen LogP contribution >= 0.6 is 0 Å². The summed E-state index contributed by atoms with van der Waals surface area (Å²) in [6, 6.07) is 7.68. The fraction of sp³-hybridized carbons (Fsp3) is 0.562. The molecule has 0 aliphatic heterocycles. The van der Waals surface area contributed by atoms with Gasteiger partial charge in [0.15, 0.2) is 6.29 Å². The molecule has 112 valence electrons. The van der Waals surface area contributed by atoms with Crippen LogP contribution in [0, 0.1) is 0 Å². The molecule has 0 heterocycles. The summed E-state index contributed by atoms with van der Waals surface area (Å²) in [7, 11) is 0. The van der Waals surface area contributed by atoms with E-state index in [-0.39, 0.29) is 12.2 Å². The average Bonchev–Trinajstić information content (AvgIpc) is 2.47. The van der Waals surface area contributed by atoms with Gasteiger partial charge in [-0.1, -0.05) is 19.1 Å². The summed E-state index contributed by atoms with van der Waals surface area (Å²) in [5, 5.41) is 2.88. The topological polar surface area (TPSA) is 47.6 Å². The molecule has 4 heteroatoms. The first-order valence-electron chi connectivity index (χ1n) is 7.31. The molecule has 0 unspecified atom stereocenters. The van der Waals surface area contributed by atoms with E-state index in [2.05, 4.69) is 12.2 Å². The first kappa shape index (κ1) is 16.7. The zero-order chi connectivity index (χ0) is 14.8. The van der Waals surface area contributed by atoms with E-state index in [1.165, 1.54) is 5.56 Å². The summed E-state index contributed by atoms with van der Waals surface area (Å²) in [4.78, 5) is 11.9. The van der Waals surface area contributed by atoms with E-state index in [1.54, 1.807) is 0 Å². The lowest BCUT2D eigenvalue weighted by atomic mass is 10.1. The van der Waals surface area contributed by atoms with Crippen LogP contribution in [0.5, 0.6) is 0 Å². The highest BCUT2D eigenvalue weighted by atomic mass is 16.7. The molecule has 1 aromatic rings. The number of hydrogen-bond donors (Lipinski definition) is 1. The maximum atomic E-state index is 11.9. The summed E-state index contributed by atoms with van der Waals surface area (Å²) >= 11 is 0. The second kappa shape index (κ2) is 9.50. The minimum absolute atomic E-state index is 0.0561. The van der Waals surface area contributed by atoms with Crippen molar-refractivity contribution >= 4 is 5.91 Å². The molecule has 1 amide bonds. The highest BCUT2D eigenvalue weighted by Crippen LogP contribution is 2.05. The highest BCUT2D eigenvalue weighted by Gasteiger charge is 2.09. The van der Waals surface area contributed by atoms with Crippen molar-refractivity contribution in [1.82, 2.24) is 5.32 Å². The standard InChI is InChI=1S/C16H25NO3/c1-4-13-7-9-14(10-8-13)16(18)17-12-11-15(19-5-2)20-6-3/h7-10,15H,4-6,11-12H2,1-3H3,(H,17,18). The van der Waals surface area contributed by atoms with Gasteiger partial charge in [0.1, 0.15) is 0 Å². The lowest BCUT2D eigenvalue weighted by Gasteiger charge is -2.17. The van der Waals surface area contributed by atoms with Crippen LogP contribution < -0.4 is 5.32 Å². The van der Waals surface area contributed by atoms with Gasteiger partial charge in [-0.25, -0.2) is 0 Å². The number of benzene rings is 1. The van der Waals surface area contributed by atoms with Crippen molar-refractivity contribution in [3.63, 3.8) is 0 Å². The monoisotopic (exact) mass is 279 g/mol. The highest BCUT2D eigenvalue weighted by molar-refractivity contribution is 5.94. The molecule has 0 bridgehead atoms. The maximum Gasteiger partial charge on any atom is 0.251 e. The SMILES string of the molecule is CCOC(CCNC(=O)c1ccc(CC)cc1)OCC. The Morgan fingerprint density at radius 3 is 2.20 bits per heavy atom. The van der Waals surface area contributed by atoms with Gasteiger partial charge in [0.2, 0.25) is 0 Å². The van der Waals surface area contributed by atoms with Crippen LogP contribution in [-0.4, -0.2) is 32.0 Å². The zero-order valence-corrected chi connectivity index (χ0v) is 12.6. The second-order valence-corrected chi connectivity index (χ2v) is 4.44. The van der Waals surface area contributed by atoms with Gasteiger partial charge < -0.3 is 14.8 Å². The molecule has 0 atom stereocenters. The number of aryl methyl sites for hydroxylation is 1. The fourth-order valence-corrected chi connectivity index (χ4v) is 1.88. The van der Waals surface area contributed by atoms with Crippen LogP contribution in [0.2, 0.25) is 0 Å². The molecule has 0 aliphatic carbocycles. The van der Waals surface area contributed by atoms with Crippen LogP contribution in [0.1, 0.15) is 43.1 Å². The summed E-state index contributed by atoms with van der Waals surface area (Å²) in [5.41, 5.74) is 1.92. The first-order valence-corrected chi connectivity index (χ1v) is 7.31. The average molecular weight is 279 g/mol. The number of amides is 1. The Morgan fingerprint density at radius 1 is 1.10 bits per heavy atom. The maximum absolute atomic E-state index is 11.9. The van der Waals surface area contributed by atoms with Crippen LogP contribution in [0.4, 0.5) is 0 Å². The van der Waals surface area contributed by atoms with Crippen molar-refractivity contribution in [3.8, 4) is 0 Å². The van der Waals surface area contributed by atoms with E-state index in [0.29, 0.717) is 31.7 Å². The number of carbonyl (C=O) groups is 1. The Balaban J connectivity index is 2.37. The predicted molar refractivity (Wildman–Crippen MR) is 79.8 cm³/mol. The molecule has 0 aliphatic rings. The molecule has 4 nitrogen and oxygen atoms in total. The molecule has 1 aromatic carbocycles. The third-order valence-electron chi connectivity index (χ3n) is 3.00. The van der Waals surface area contributed by atoms with Gasteiger partial charge in [-0.15, -0.1) is 0 Å². The van der Waals surface area contributed by atoms with Crippen molar-refractivity contribution in [2.45, 2.75) is 39.9 Å².